The molecule has 0 saturated heterocycles. The minimum absolute atomic E-state index is 0.0217. The van der Waals surface area contributed by atoms with Gasteiger partial charge in [0.05, 0.1) is 12.2 Å². The molecular weight excluding hydrogens is 264 g/mol. The van der Waals surface area contributed by atoms with Crippen LogP contribution < -0.4 is 5.32 Å². The van der Waals surface area contributed by atoms with Gasteiger partial charge in [-0.3, -0.25) is 4.79 Å². The van der Waals surface area contributed by atoms with Crippen LogP contribution in [0.25, 0.3) is 0 Å². The van der Waals surface area contributed by atoms with E-state index in [1.807, 2.05) is 46.8 Å². The third-order valence-electron chi connectivity index (χ3n) is 4.27. The van der Waals surface area contributed by atoms with E-state index in [1.54, 1.807) is 6.20 Å². The number of aromatic nitrogens is 3. The van der Waals surface area contributed by atoms with E-state index in [2.05, 4.69) is 10.4 Å². The molecule has 112 valence electrons. The maximum atomic E-state index is 12.5. The smallest absolute Gasteiger partial charge is 0.248 e. The Bertz CT molecular complexity index is 581. The van der Waals surface area contributed by atoms with Gasteiger partial charge in [0.2, 0.25) is 5.91 Å². The van der Waals surface area contributed by atoms with Crippen LogP contribution in [0.5, 0.6) is 0 Å². The number of nitrogens with zero attached hydrogens (tertiary/aromatic N) is 3. The van der Waals surface area contributed by atoms with E-state index in [1.165, 1.54) is 12.8 Å². The number of amides is 1. The molecule has 0 radical (unpaired) electrons. The highest BCUT2D eigenvalue weighted by molar-refractivity contribution is 5.93. The summed E-state index contributed by atoms with van der Waals surface area (Å²) in [5, 5.41) is 7.44. The van der Waals surface area contributed by atoms with Crippen molar-refractivity contribution in [2.24, 2.45) is 0 Å². The summed E-state index contributed by atoms with van der Waals surface area (Å²) >= 11 is 0. The summed E-state index contributed by atoms with van der Waals surface area (Å²) in [4.78, 5) is 12.5. The predicted octanol–water partition coefficient (Wildman–Crippen LogP) is 3.39. The molecule has 1 saturated carbocycles. The zero-order chi connectivity index (χ0) is 14.7. The van der Waals surface area contributed by atoms with Gasteiger partial charge in [-0.15, -0.1) is 0 Å². The summed E-state index contributed by atoms with van der Waals surface area (Å²) in [5.74, 6) is 0.839. The van der Waals surface area contributed by atoms with Crippen molar-refractivity contribution < 1.29 is 4.79 Å². The Morgan fingerprint density at radius 3 is 2.76 bits per heavy atom. The van der Waals surface area contributed by atoms with Gasteiger partial charge < -0.3 is 9.88 Å². The van der Waals surface area contributed by atoms with Crippen molar-refractivity contribution in [2.75, 3.05) is 5.32 Å². The Morgan fingerprint density at radius 1 is 1.38 bits per heavy atom. The molecule has 1 unspecified atom stereocenters. The largest absolute Gasteiger partial charge is 0.342 e. The van der Waals surface area contributed by atoms with Crippen molar-refractivity contribution in [1.29, 1.82) is 0 Å². The van der Waals surface area contributed by atoms with Crippen LogP contribution in [0.15, 0.2) is 36.8 Å². The third-order valence-corrected chi connectivity index (χ3v) is 4.27. The van der Waals surface area contributed by atoms with E-state index >= 15 is 0 Å². The highest BCUT2D eigenvalue weighted by atomic mass is 16.2. The lowest BCUT2D eigenvalue weighted by Crippen LogP contribution is -2.26. The van der Waals surface area contributed by atoms with Gasteiger partial charge in [0.25, 0.3) is 0 Å². The number of hydrogen-bond acceptors (Lipinski definition) is 2. The second-order valence-corrected chi connectivity index (χ2v) is 5.64. The highest BCUT2D eigenvalue weighted by Gasteiger charge is 2.23. The SMILES string of the molecule is CCC(C(=O)Nc1ccnn1C1CCCC1)n1cccc1. The Morgan fingerprint density at radius 2 is 2.10 bits per heavy atom. The fourth-order valence-electron chi connectivity index (χ4n) is 3.15. The van der Waals surface area contributed by atoms with E-state index in [4.69, 9.17) is 0 Å². The predicted molar refractivity (Wildman–Crippen MR) is 82.1 cm³/mol. The van der Waals surface area contributed by atoms with Crippen molar-refractivity contribution in [3.63, 3.8) is 0 Å². The van der Waals surface area contributed by atoms with Gasteiger partial charge in [-0.25, -0.2) is 4.68 Å². The minimum atomic E-state index is -0.174. The van der Waals surface area contributed by atoms with Crippen LogP contribution in [0.4, 0.5) is 5.82 Å². The summed E-state index contributed by atoms with van der Waals surface area (Å²) in [6, 6.07) is 6.03. The number of carbonyl (C=O) groups excluding carboxylic acids is 1. The standard InChI is InChI=1S/C16H22N4O/c1-2-14(19-11-5-6-12-19)16(21)18-15-9-10-17-20(15)13-7-3-4-8-13/h5-6,9-14H,2-4,7-8H2,1H3,(H,18,21). The van der Waals surface area contributed by atoms with E-state index in [0.717, 1.165) is 25.1 Å². The molecule has 1 atom stereocenters. The monoisotopic (exact) mass is 286 g/mol. The zero-order valence-electron chi connectivity index (χ0n) is 12.4. The molecule has 0 spiro atoms. The number of nitrogens with one attached hydrogen (secondary N) is 1. The normalized spacial score (nSPS) is 17.0. The number of rotatable bonds is 5. The third kappa shape index (κ3) is 2.86. The second kappa shape index (κ2) is 6.16. The molecule has 0 aliphatic heterocycles. The maximum Gasteiger partial charge on any atom is 0.248 e. The minimum Gasteiger partial charge on any atom is -0.342 e. The molecule has 1 fully saturated rings. The molecule has 1 amide bonds. The van der Waals surface area contributed by atoms with Gasteiger partial charge in [-0.1, -0.05) is 19.8 Å². The summed E-state index contributed by atoms with van der Waals surface area (Å²) < 4.78 is 3.93. The second-order valence-electron chi connectivity index (χ2n) is 5.64. The number of hydrogen-bond donors (Lipinski definition) is 1. The molecule has 1 N–H and O–H groups in total. The van der Waals surface area contributed by atoms with Gasteiger partial charge >= 0.3 is 0 Å². The quantitative estimate of drug-likeness (QED) is 0.916. The molecule has 5 heteroatoms. The van der Waals surface area contributed by atoms with Crippen molar-refractivity contribution in [2.45, 2.75) is 51.1 Å². The van der Waals surface area contributed by atoms with E-state index < -0.39 is 0 Å². The van der Waals surface area contributed by atoms with Crippen LogP contribution in [-0.4, -0.2) is 20.3 Å². The first-order valence-electron chi connectivity index (χ1n) is 7.76. The van der Waals surface area contributed by atoms with Gasteiger partial charge in [-0.2, -0.15) is 5.10 Å². The van der Waals surface area contributed by atoms with Gasteiger partial charge in [0, 0.05) is 18.5 Å². The molecule has 1 aliphatic rings. The fraction of sp³-hybridized carbons (Fsp3) is 0.500. The lowest BCUT2D eigenvalue weighted by Gasteiger charge is -2.19. The molecule has 2 aromatic rings. The molecule has 1 aliphatic carbocycles. The van der Waals surface area contributed by atoms with Crippen LogP contribution in [0.3, 0.4) is 0 Å². The fourth-order valence-corrected chi connectivity index (χ4v) is 3.15. The average Bonchev–Trinajstić information content (AvgIpc) is 3.21. The van der Waals surface area contributed by atoms with Crippen LogP contribution >= 0.6 is 0 Å². The molecule has 3 rings (SSSR count). The summed E-state index contributed by atoms with van der Waals surface area (Å²) in [6.07, 6.45) is 11.2. The molecule has 2 heterocycles. The maximum absolute atomic E-state index is 12.5. The number of anilines is 1. The first-order valence-corrected chi connectivity index (χ1v) is 7.76. The lowest BCUT2D eigenvalue weighted by molar-refractivity contribution is -0.119. The summed E-state index contributed by atoms with van der Waals surface area (Å²) in [6.45, 7) is 2.03. The van der Waals surface area contributed by atoms with Crippen molar-refractivity contribution in [3.05, 3.63) is 36.8 Å². The van der Waals surface area contributed by atoms with Gasteiger partial charge in [0.15, 0.2) is 0 Å². The molecule has 5 nitrogen and oxygen atoms in total. The van der Waals surface area contributed by atoms with Crippen molar-refractivity contribution in [3.8, 4) is 0 Å². The molecule has 2 aromatic heterocycles. The van der Waals surface area contributed by atoms with E-state index in [-0.39, 0.29) is 11.9 Å². The van der Waals surface area contributed by atoms with Crippen molar-refractivity contribution >= 4 is 11.7 Å². The summed E-state index contributed by atoms with van der Waals surface area (Å²) in [7, 11) is 0. The van der Waals surface area contributed by atoms with E-state index in [9.17, 15) is 4.79 Å². The van der Waals surface area contributed by atoms with Crippen LogP contribution in [-0.2, 0) is 4.79 Å². The zero-order valence-corrected chi connectivity index (χ0v) is 12.4. The van der Waals surface area contributed by atoms with Crippen LogP contribution in [0.2, 0.25) is 0 Å². The van der Waals surface area contributed by atoms with Gasteiger partial charge in [0.1, 0.15) is 11.9 Å². The molecule has 21 heavy (non-hydrogen) atoms. The first kappa shape index (κ1) is 13.9. The highest BCUT2D eigenvalue weighted by Crippen LogP contribution is 2.31. The van der Waals surface area contributed by atoms with E-state index in [0.29, 0.717) is 6.04 Å². The average molecular weight is 286 g/mol. The Hall–Kier alpha value is -2.04. The Balaban J connectivity index is 1.74. The number of carbonyl (C=O) groups is 1. The van der Waals surface area contributed by atoms with Crippen molar-refractivity contribution in [1.82, 2.24) is 14.3 Å². The van der Waals surface area contributed by atoms with Gasteiger partial charge in [-0.05, 0) is 31.4 Å². The molecule has 0 aromatic carbocycles. The Labute approximate surface area is 125 Å². The molecular formula is C16H22N4O. The molecule has 0 bridgehead atoms. The topological polar surface area (TPSA) is 51.9 Å². The lowest BCUT2D eigenvalue weighted by atomic mass is 10.2. The first-order chi connectivity index (χ1) is 10.3. The Kier molecular flexibility index (Phi) is 4.08. The summed E-state index contributed by atoms with van der Waals surface area (Å²) in [5.41, 5.74) is 0. The van der Waals surface area contributed by atoms with Crippen LogP contribution in [0, 0.1) is 0 Å². The van der Waals surface area contributed by atoms with Crippen LogP contribution in [0.1, 0.15) is 51.1 Å².